The van der Waals surface area contributed by atoms with E-state index in [1.807, 2.05) is 4.68 Å². The van der Waals surface area contributed by atoms with Gasteiger partial charge in [-0.3, -0.25) is 4.90 Å². The van der Waals surface area contributed by atoms with Crippen LogP contribution in [0.3, 0.4) is 0 Å². The van der Waals surface area contributed by atoms with Crippen LogP contribution in [0.15, 0.2) is 17.5 Å². The van der Waals surface area contributed by atoms with Gasteiger partial charge in [0.1, 0.15) is 6.04 Å². The molecule has 0 N–H and O–H groups in total. The van der Waals surface area contributed by atoms with E-state index in [1.165, 1.54) is 30.6 Å². The van der Waals surface area contributed by atoms with Crippen molar-refractivity contribution in [2.75, 3.05) is 26.8 Å². The molecule has 1 aliphatic heterocycles. The molecule has 2 aromatic rings. The van der Waals surface area contributed by atoms with Gasteiger partial charge in [0.25, 0.3) is 0 Å². The topological polar surface area (TPSA) is 56.1 Å². The molecule has 3 heterocycles. The Labute approximate surface area is 135 Å². The number of tetrazole rings is 1. The molecule has 6 nitrogen and oxygen atoms in total. The molecule has 2 aromatic heterocycles. The predicted octanol–water partition coefficient (Wildman–Crippen LogP) is 2.35. The lowest BCUT2D eigenvalue weighted by Gasteiger charge is -2.29. The van der Waals surface area contributed by atoms with Crippen molar-refractivity contribution in [1.82, 2.24) is 25.1 Å². The zero-order valence-corrected chi connectivity index (χ0v) is 13.8. The van der Waals surface area contributed by atoms with Gasteiger partial charge in [-0.1, -0.05) is 18.9 Å². The number of aromatic nitrogens is 4. The minimum atomic E-state index is 0.157. The van der Waals surface area contributed by atoms with Crippen LogP contribution in [0.4, 0.5) is 0 Å². The van der Waals surface area contributed by atoms with Gasteiger partial charge in [0.15, 0.2) is 5.82 Å². The summed E-state index contributed by atoms with van der Waals surface area (Å²) in [4.78, 5) is 3.85. The maximum atomic E-state index is 5.18. The first-order chi connectivity index (χ1) is 10.9. The minimum absolute atomic E-state index is 0.157. The summed E-state index contributed by atoms with van der Waals surface area (Å²) in [5.74, 6) is 0.932. The lowest BCUT2D eigenvalue weighted by molar-refractivity contribution is 0.175. The van der Waals surface area contributed by atoms with Crippen molar-refractivity contribution in [1.29, 1.82) is 0 Å². The number of thiophene rings is 1. The number of rotatable bonds is 6. The van der Waals surface area contributed by atoms with Crippen molar-refractivity contribution in [3.8, 4) is 0 Å². The summed E-state index contributed by atoms with van der Waals surface area (Å²) in [7, 11) is 1.70. The second-order valence-electron chi connectivity index (χ2n) is 5.62. The first-order valence-electron chi connectivity index (χ1n) is 7.92. The number of hydrogen-bond donors (Lipinski definition) is 0. The Hall–Kier alpha value is -1.31. The van der Waals surface area contributed by atoms with Gasteiger partial charge in [0.05, 0.1) is 13.2 Å². The SMILES string of the molecule is COCCn1nnnc1[C@H](c1cccs1)N1CCCCCC1. The van der Waals surface area contributed by atoms with E-state index in [0.29, 0.717) is 13.2 Å². The van der Waals surface area contributed by atoms with Crippen molar-refractivity contribution < 1.29 is 4.74 Å². The first-order valence-corrected chi connectivity index (χ1v) is 8.80. The third-order valence-electron chi connectivity index (χ3n) is 4.13. The first kappa shape index (κ1) is 15.6. The normalized spacial score (nSPS) is 18.2. The monoisotopic (exact) mass is 321 g/mol. The van der Waals surface area contributed by atoms with Gasteiger partial charge in [-0.2, -0.15) is 0 Å². The van der Waals surface area contributed by atoms with Crippen molar-refractivity contribution in [2.24, 2.45) is 0 Å². The fourth-order valence-electron chi connectivity index (χ4n) is 3.02. The van der Waals surface area contributed by atoms with Crippen LogP contribution in [0.2, 0.25) is 0 Å². The molecule has 0 saturated carbocycles. The van der Waals surface area contributed by atoms with Crippen LogP contribution in [-0.2, 0) is 11.3 Å². The molecule has 3 rings (SSSR count). The van der Waals surface area contributed by atoms with Crippen LogP contribution in [-0.4, -0.2) is 51.9 Å². The number of methoxy groups -OCH3 is 1. The van der Waals surface area contributed by atoms with Crippen LogP contribution in [0.5, 0.6) is 0 Å². The van der Waals surface area contributed by atoms with Crippen LogP contribution in [0.1, 0.15) is 42.4 Å². The molecule has 0 bridgehead atoms. The summed E-state index contributed by atoms with van der Waals surface area (Å²) in [6, 6.07) is 4.45. The van der Waals surface area contributed by atoms with Gasteiger partial charge in [-0.15, -0.1) is 16.4 Å². The van der Waals surface area contributed by atoms with Crippen molar-refractivity contribution in [2.45, 2.75) is 38.3 Å². The molecule has 1 aliphatic rings. The molecule has 22 heavy (non-hydrogen) atoms. The smallest absolute Gasteiger partial charge is 0.173 e. The van der Waals surface area contributed by atoms with E-state index < -0.39 is 0 Å². The molecule has 0 radical (unpaired) electrons. The highest BCUT2D eigenvalue weighted by Gasteiger charge is 2.28. The quantitative estimate of drug-likeness (QED) is 0.817. The van der Waals surface area contributed by atoms with Gasteiger partial charge < -0.3 is 4.74 Å². The van der Waals surface area contributed by atoms with Crippen LogP contribution >= 0.6 is 11.3 Å². The third kappa shape index (κ3) is 3.53. The zero-order valence-electron chi connectivity index (χ0n) is 13.0. The standard InChI is InChI=1S/C15H23N5OS/c1-21-11-10-20-15(16-17-18-20)14(13-7-6-12-22-13)19-8-4-2-3-5-9-19/h6-7,12,14H,2-5,8-11H2,1H3/t14-/m0/s1. The van der Waals surface area contributed by atoms with Gasteiger partial charge >= 0.3 is 0 Å². The van der Waals surface area contributed by atoms with E-state index >= 15 is 0 Å². The number of likely N-dealkylation sites (tertiary alicyclic amines) is 1. The molecule has 1 atom stereocenters. The van der Waals surface area contributed by atoms with Crippen LogP contribution in [0.25, 0.3) is 0 Å². The Morgan fingerprint density at radius 3 is 2.77 bits per heavy atom. The Morgan fingerprint density at radius 2 is 2.09 bits per heavy atom. The van der Waals surface area contributed by atoms with E-state index in [1.54, 1.807) is 18.4 Å². The van der Waals surface area contributed by atoms with Crippen LogP contribution < -0.4 is 0 Å². The fraction of sp³-hybridized carbons (Fsp3) is 0.667. The lowest BCUT2D eigenvalue weighted by Crippen LogP contribution is -2.32. The van der Waals surface area contributed by atoms with Crippen molar-refractivity contribution in [3.63, 3.8) is 0 Å². The highest BCUT2D eigenvalue weighted by molar-refractivity contribution is 7.10. The molecule has 1 fully saturated rings. The molecule has 0 aliphatic carbocycles. The van der Waals surface area contributed by atoms with Gasteiger partial charge in [-0.05, 0) is 47.8 Å². The largest absolute Gasteiger partial charge is 0.383 e. The predicted molar refractivity (Wildman–Crippen MR) is 85.9 cm³/mol. The number of hydrogen-bond acceptors (Lipinski definition) is 6. The Kier molecular flexibility index (Phi) is 5.53. The second-order valence-corrected chi connectivity index (χ2v) is 6.60. The maximum Gasteiger partial charge on any atom is 0.173 e. The Bertz CT molecular complexity index is 548. The molecule has 0 spiro atoms. The average molecular weight is 321 g/mol. The second kappa shape index (κ2) is 7.80. The minimum Gasteiger partial charge on any atom is -0.383 e. The summed E-state index contributed by atoms with van der Waals surface area (Å²) in [6.07, 6.45) is 5.15. The molecule has 1 saturated heterocycles. The maximum absolute atomic E-state index is 5.18. The molecule has 120 valence electrons. The van der Waals surface area contributed by atoms with E-state index in [2.05, 4.69) is 37.9 Å². The van der Waals surface area contributed by atoms with Gasteiger partial charge in [-0.25, -0.2) is 4.68 Å². The zero-order chi connectivity index (χ0) is 15.2. The molecule has 7 heteroatoms. The summed E-state index contributed by atoms with van der Waals surface area (Å²) >= 11 is 1.78. The van der Waals surface area contributed by atoms with E-state index in [0.717, 1.165) is 18.9 Å². The molecule has 0 aromatic carbocycles. The van der Waals surface area contributed by atoms with E-state index in [4.69, 9.17) is 4.74 Å². The fourth-order valence-corrected chi connectivity index (χ4v) is 3.87. The summed E-state index contributed by atoms with van der Waals surface area (Å²) in [6.45, 7) is 3.53. The van der Waals surface area contributed by atoms with Crippen LogP contribution in [0, 0.1) is 0 Å². The summed E-state index contributed by atoms with van der Waals surface area (Å²) in [5.41, 5.74) is 0. The Morgan fingerprint density at radius 1 is 1.27 bits per heavy atom. The molecular weight excluding hydrogens is 298 g/mol. The van der Waals surface area contributed by atoms with E-state index in [-0.39, 0.29) is 6.04 Å². The molecular formula is C15H23N5OS. The average Bonchev–Trinajstić information content (AvgIpc) is 3.14. The molecule has 0 unspecified atom stereocenters. The molecule has 0 amide bonds. The highest BCUT2D eigenvalue weighted by atomic mass is 32.1. The third-order valence-corrected chi connectivity index (χ3v) is 5.05. The van der Waals surface area contributed by atoms with Crippen molar-refractivity contribution >= 4 is 11.3 Å². The number of nitrogens with zero attached hydrogens (tertiary/aromatic N) is 5. The highest BCUT2D eigenvalue weighted by Crippen LogP contribution is 2.32. The van der Waals surface area contributed by atoms with Crippen molar-refractivity contribution in [3.05, 3.63) is 28.2 Å². The number of ether oxygens (including phenoxy) is 1. The summed E-state index contributed by atoms with van der Waals surface area (Å²) in [5, 5.41) is 14.5. The van der Waals surface area contributed by atoms with E-state index in [9.17, 15) is 0 Å². The van der Waals surface area contributed by atoms with Gasteiger partial charge in [0.2, 0.25) is 0 Å². The lowest BCUT2D eigenvalue weighted by atomic mass is 10.1. The summed E-state index contributed by atoms with van der Waals surface area (Å²) < 4.78 is 7.07. The van der Waals surface area contributed by atoms with Gasteiger partial charge in [0, 0.05) is 12.0 Å². The Balaban J connectivity index is 1.90.